The number of halogens is 3. The van der Waals surface area contributed by atoms with Crippen LogP contribution in [0.1, 0.15) is 33.5 Å². The molecule has 0 unspecified atom stereocenters. The van der Waals surface area contributed by atoms with Crippen LogP contribution in [0.4, 0.5) is 59.5 Å². The zero-order valence-electron chi connectivity index (χ0n) is 30.9. The van der Waals surface area contributed by atoms with Crippen LogP contribution in [0.15, 0.2) is 104 Å². The first-order valence-corrected chi connectivity index (χ1v) is 18.0. The Morgan fingerprint density at radius 2 is 1.45 bits per heavy atom. The molecular formula is C41H35F3N12O2. The Labute approximate surface area is 330 Å². The summed E-state index contributed by atoms with van der Waals surface area (Å²) in [5.41, 5.74) is 5.33. The number of alkyl halides is 3. The summed E-state index contributed by atoms with van der Waals surface area (Å²) in [7, 11) is 2.00. The van der Waals surface area contributed by atoms with Crippen molar-refractivity contribution in [1.82, 2.24) is 24.9 Å². The van der Waals surface area contributed by atoms with Crippen LogP contribution in [-0.4, -0.2) is 50.3 Å². The molecule has 0 saturated heterocycles. The quantitative estimate of drug-likeness (QED) is 0.0907. The number of amides is 2. The highest BCUT2D eigenvalue weighted by Gasteiger charge is 2.32. The second-order valence-corrected chi connectivity index (χ2v) is 13.3. The number of carbonyl (C=O) groups excluding carboxylic acids is 2. The number of hydrogen-bond donors (Lipinski definition) is 5. The Hall–Kier alpha value is -7.61. The topological polar surface area (TPSA) is 186 Å². The molecular weight excluding hydrogens is 750 g/mol. The Morgan fingerprint density at radius 3 is 2.09 bits per heavy atom. The molecule has 0 saturated carbocycles. The first-order valence-electron chi connectivity index (χ1n) is 18.0. The van der Waals surface area contributed by atoms with E-state index in [1.54, 1.807) is 24.4 Å². The molecule has 5 heterocycles. The molecule has 6 aromatic rings. The van der Waals surface area contributed by atoms with Gasteiger partial charge in [0.05, 0.1) is 24.6 Å². The van der Waals surface area contributed by atoms with Gasteiger partial charge in [-0.25, -0.2) is 9.97 Å². The van der Waals surface area contributed by atoms with Crippen molar-refractivity contribution in [3.63, 3.8) is 0 Å². The zero-order valence-corrected chi connectivity index (χ0v) is 30.9. The van der Waals surface area contributed by atoms with Crippen molar-refractivity contribution >= 4 is 58.1 Å². The van der Waals surface area contributed by atoms with Crippen LogP contribution in [0.3, 0.4) is 0 Å². The summed E-state index contributed by atoms with van der Waals surface area (Å²) >= 11 is 0. The van der Waals surface area contributed by atoms with Crippen LogP contribution in [0.25, 0.3) is 0 Å². The second-order valence-electron chi connectivity index (χ2n) is 13.3. The van der Waals surface area contributed by atoms with Gasteiger partial charge in [-0.05, 0) is 77.4 Å². The summed E-state index contributed by atoms with van der Waals surface area (Å²) in [6.45, 7) is 0.632. The number of likely N-dealkylation sites (N-methyl/N-ethyl adjacent to an activating group) is 1. The number of aromatic nitrogens is 5. The molecule has 0 aliphatic carbocycles. The number of nitrogens with one attached hydrogen (secondary N) is 5. The van der Waals surface area contributed by atoms with Crippen molar-refractivity contribution in [2.45, 2.75) is 32.0 Å². The lowest BCUT2D eigenvalue weighted by atomic mass is 10.1. The molecule has 5 N–H and O–H groups in total. The monoisotopic (exact) mass is 784 g/mol. The SMILES string of the molecule is CN(CCc1ccccn1)c1ccnc(Nc2ccc3c(c2)CC(=O)N3)n1.N#Cc1cnc(Nc2ccc3c(c2)CC(=O)N3)nc1NCc1ccccc1C(F)(F)F. The maximum absolute atomic E-state index is 13.2. The number of fused-ring (bicyclic) bond motifs is 2. The minimum Gasteiger partial charge on any atom is -0.365 e. The molecule has 2 aliphatic rings. The van der Waals surface area contributed by atoms with Gasteiger partial charge in [-0.2, -0.15) is 28.4 Å². The van der Waals surface area contributed by atoms with E-state index < -0.39 is 11.7 Å². The summed E-state index contributed by atoms with van der Waals surface area (Å²) in [5, 5.41) is 23.9. The van der Waals surface area contributed by atoms with Crippen LogP contribution < -0.4 is 31.5 Å². The maximum atomic E-state index is 13.2. The van der Waals surface area contributed by atoms with Gasteiger partial charge in [0, 0.05) is 67.4 Å². The average molecular weight is 785 g/mol. The highest BCUT2D eigenvalue weighted by Crippen LogP contribution is 2.33. The van der Waals surface area contributed by atoms with Gasteiger partial charge in [-0.3, -0.25) is 14.6 Å². The van der Waals surface area contributed by atoms with Crippen molar-refractivity contribution in [2.75, 3.05) is 45.1 Å². The van der Waals surface area contributed by atoms with Crippen LogP contribution in [0.2, 0.25) is 0 Å². The van der Waals surface area contributed by atoms with Crippen LogP contribution in [-0.2, 0) is 41.6 Å². The lowest BCUT2D eigenvalue weighted by Crippen LogP contribution is -2.22. The Balaban J connectivity index is 0.000000178. The maximum Gasteiger partial charge on any atom is 0.416 e. The van der Waals surface area contributed by atoms with Gasteiger partial charge in [-0.15, -0.1) is 0 Å². The molecule has 3 aromatic heterocycles. The number of benzene rings is 3. The Kier molecular flexibility index (Phi) is 11.4. The molecule has 0 atom stereocenters. The number of nitrogens with zero attached hydrogens (tertiary/aromatic N) is 7. The summed E-state index contributed by atoms with van der Waals surface area (Å²) < 4.78 is 39.6. The standard InChI is InChI=1S/C21H15F3N6O.C20H20N6O/c22-21(23,24)16-4-2-1-3-12(16)10-26-19-14(9-25)11-27-20(30-19)28-15-5-6-17-13(7-15)8-18(31)29-17;1-26(11-8-15-4-2-3-9-21-15)18-7-10-22-20(25-18)23-16-5-6-17-14(12-16)13-19(27)24-17/h1-7,11H,8,10H2,(H,29,31)(H2,26,27,28,30);2-7,9-10,12H,8,11,13H2,1H3,(H,24,27)(H,22,23,25). The highest BCUT2D eigenvalue weighted by molar-refractivity contribution is 6.00. The Morgan fingerprint density at radius 1 is 0.793 bits per heavy atom. The molecule has 2 aliphatic heterocycles. The lowest BCUT2D eigenvalue weighted by Gasteiger charge is -2.18. The van der Waals surface area contributed by atoms with E-state index >= 15 is 0 Å². The third kappa shape index (κ3) is 9.60. The lowest BCUT2D eigenvalue weighted by molar-refractivity contribution is -0.138. The fraction of sp³-hybridized carbons (Fsp3) is 0.171. The third-order valence-corrected chi connectivity index (χ3v) is 9.11. The van der Waals surface area contributed by atoms with E-state index in [0.717, 1.165) is 58.7 Å². The minimum absolute atomic E-state index is 0.0231. The van der Waals surface area contributed by atoms with Crippen LogP contribution in [0, 0.1) is 11.3 Å². The fourth-order valence-electron chi connectivity index (χ4n) is 6.23. The summed E-state index contributed by atoms with van der Waals surface area (Å²) in [6, 6.07) is 26.0. The number of pyridine rings is 1. The molecule has 8 rings (SSSR count). The minimum atomic E-state index is -4.49. The zero-order chi connectivity index (χ0) is 40.6. The van der Waals surface area contributed by atoms with Gasteiger partial charge in [0.2, 0.25) is 23.7 Å². The Bertz CT molecular complexity index is 2510. The first kappa shape index (κ1) is 38.7. The van der Waals surface area contributed by atoms with E-state index in [4.69, 9.17) is 0 Å². The number of hydrogen-bond acceptors (Lipinski definition) is 12. The molecule has 0 spiro atoms. The highest BCUT2D eigenvalue weighted by atomic mass is 19.4. The average Bonchev–Trinajstić information content (AvgIpc) is 3.79. The van der Waals surface area contributed by atoms with E-state index in [1.165, 1.54) is 24.4 Å². The second kappa shape index (κ2) is 17.0. The van der Waals surface area contributed by atoms with E-state index in [9.17, 15) is 28.0 Å². The van der Waals surface area contributed by atoms with Gasteiger partial charge < -0.3 is 31.5 Å². The number of carbonyl (C=O) groups is 2. The predicted molar refractivity (Wildman–Crippen MR) is 213 cm³/mol. The van der Waals surface area contributed by atoms with Gasteiger partial charge >= 0.3 is 6.18 Å². The fourth-order valence-corrected chi connectivity index (χ4v) is 6.23. The summed E-state index contributed by atoms with van der Waals surface area (Å²) in [5.74, 6) is 1.55. The van der Waals surface area contributed by atoms with Gasteiger partial charge in [-0.1, -0.05) is 24.3 Å². The molecule has 14 nitrogen and oxygen atoms in total. The molecule has 0 fully saturated rings. The molecule has 3 aromatic carbocycles. The van der Waals surface area contributed by atoms with E-state index in [1.807, 2.05) is 61.8 Å². The van der Waals surface area contributed by atoms with E-state index in [0.29, 0.717) is 18.1 Å². The van der Waals surface area contributed by atoms with E-state index in [2.05, 4.69) is 56.4 Å². The van der Waals surface area contributed by atoms with Crippen LogP contribution in [0.5, 0.6) is 0 Å². The van der Waals surface area contributed by atoms with Gasteiger partial charge in [0.15, 0.2) is 0 Å². The summed E-state index contributed by atoms with van der Waals surface area (Å²) in [6.07, 6.45) is 1.86. The molecule has 17 heteroatoms. The molecule has 0 bridgehead atoms. The third-order valence-electron chi connectivity index (χ3n) is 9.11. The normalized spacial score (nSPS) is 12.5. The van der Waals surface area contributed by atoms with Gasteiger partial charge in [0.25, 0.3) is 0 Å². The molecule has 2 amide bonds. The number of anilines is 8. The van der Waals surface area contributed by atoms with Crippen molar-refractivity contribution in [3.8, 4) is 6.07 Å². The first-order chi connectivity index (χ1) is 28.0. The molecule has 58 heavy (non-hydrogen) atoms. The van der Waals surface area contributed by atoms with E-state index in [-0.39, 0.29) is 47.7 Å². The summed E-state index contributed by atoms with van der Waals surface area (Å²) in [4.78, 5) is 46.6. The van der Waals surface area contributed by atoms with Crippen LogP contribution >= 0.6 is 0 Å². The molecule has 292 valence electrons. The predicted octanol–water partition coefficient (Wildman–Crippen LogP) is 7.01. The van der Waals surface area contributed by atoms with Crippen molar-refractivity contribution in [1.29, 1.82) is 5.26 Å². The van der Waals surface area contributed by atoms with Crippen molar-refractivity contribution in [3.05, 3.63) is 137 Å². The largest absolute Gasteiger partial charge is 0.416 e. The number of rotatable bonds is 11. The molecule has 0 radical (unpaired) electrons. The smallest absolute Gasteiger partial charge is 0.365 e. The van der Waals surface area contributed by atoms with Crippen molar-refractivity contribution in [2.24, 2.45) is 0 Å². The van der Waals surface area contributed by atoms with Gasteiger partial charge in [0.1, 0.15) is 23.3 Å². The number of nitriles is 1. The van der Waals surface area contributed by atoms with Crippen molar-refractivity contribution < 1.29 is 22.8 Å².